The lowest BCUT2D eigenvalue weighted by Crippen LogP contribution is -2.13. The summed E-state index contributed by atoms with van der Waals surface area (Å²) >= 11 is 0. The number of benzene rings is 2. The van der Waals surface area contributed by atoms with E-state index in [1.165, 1.54) is 13.2 Å². The number of nitrogens with zero attached hydrogens (tertiary/aromatic N) is 1. The Hall–Kier alpha value is -2.95. The fourth-order valence-corrected chi connectivity index (χ4v) is 2.03. The third-order valence-electron chi connectivity index (χ3n) is 3.06. The van der Waals surface area contributed by atoms with Crippen LogP contribution in [-0.2, 0) is 0 Å². The number of rotatable bonds is 6. The first-order valence-electron chi connectivity index (χ1n) is 6.66. The number of carbonyl (C=O) groups is 1. The summed E-state index contributed by atoms with van der Waals surface area (Å²) in [6, 6.07) is 15.5. The Morgan fingerprint density at radius 1 is 1.18 bits per heavy atom. The van der Waals surface area contributed by atoms with Crippen molar-refractivity contribution >= 4 is 11.9 Å². The van der Waals surface area contributed by atoms with Crippen LogP contribution < -0.4 is 4.74 Å². The van der Waals surface area contributed by atoms with Crippen molar-refractivity contribution in [1.29, 1.82) is 0 Å². The Morgan fingerprint density at radius 3 is 2.55 bits per heavy atom. The SMILES string of the molecule is COc1cccc(/C=C(\C[N+](=O)[O-])C(=O)c2ccccc2)c1. The number of Topliss-reactive ketones (excluding diaryl/α,β-unsaturated/α-hetero) is 1. The molecule has 0 spiro atoms. The molecule has 0 radical (unpaired) electrons. The molecule has 0 amide bonds. The molecule has 0 aliphatic rings. The van der Waals surface area contributed by atoms with Gasteiger partial charge in [-0.05, 0) is 23.8 Å². The van der Waals surface area contributed by atoms with Crippen LogP contribution in [0.15, 0.2) is 60.2 Å². The summed E-state index contributed by atoms with van der Waals surface area (Å²) in [6.45, 7) is -0.523. The number of hydrogen-bond acceptors (Lipinski definition) is 4. The molecule has 22 heavy (non-hydrogen) atoms. The van der Waals surface area contributed by atoms with Gasteiger partial charge in [0, 0.05) is 10.5 Å². The highest BCUT2D eigenvalue weighted by molar-refractivity contribution is 6.11. The lowest BCUT2D eigenvalue weighted by Gasteiger charge is -2.05. The second-order valence-corrected chi connectivity index (χ2v) is 4.63. The van der Waals surface area contributed by atoms with Gasteiger partial charge in [0.25, 0.3) is 0 Å². The van der Waals surface area contributed by atoms with Gasteiger partial charge < -0.3 is 4.74 Å². The van der Waals surface area contributed by atoms with Crippen molar-refractivity contribution in [3.63, 3.8) is 0 Å². The van der Waals surface area contributed by atoms with Crippen molar-refractivity contribution in [3.8, 4) is 5.75 Å². The summed E-state index contributed by atoms with van der Waals surface area (Å²) in [5, 5.41) is 10.8. The molecular formula is C17H15NO4. The number of methoxy groups -OCH3 is 1. The molecule has 0 N–H and O–H groups in total. The lowest BCUT2D eigenvalue weighted by atomic mass is 10.0. The van der Waals surface area contributed by atoms with Crippen LogP contribution >= 0.6 is 0 Å². The van der Waals surface area contributed by atoms with E-state index >= 15 is 0 Å². The fourth-order valence-electron chi connectivity index (χ4n) is 2.03. The van der Waals surface area contributed by atoms with E-state index in [1.54, 1.807) is 54.6 Å². The van der Waals surface area contributed by atoms with E-state index in [1.807, 2.05) is 0 Å². The predicted molar refractivity (Wildman–Crippen MR) is 83.6 cm³/mol. The van der Waals surface area contributed by atoms with Gasteiger partial charge in [0.2, 0.25) is 6.54 Å². The first-order chi connectivity index (χ1) is 10.6. The highest BCUT2D eigenvalue weighted by Crippen LogP contribution is 2.17. The Labute approximate surface area is 128 Å². The first-order valence-corrected chi connectivity index (χ1v) is 6.66. The highest BCUT2D eigenvalue weighted by atomic mass is 16.6. The average molecular weight is 297 g/mol. The zero-order chi connectivity index (χ0) is 15.9. The minimum absolute atomic E-state index is 0.129. The zero-order valence-corrected chi connectivity index (χ0v) is 12.1. The average Bonchev–Trinajstić information content (AvgIpc) is 2.54. The van der Waals surface area contributed by atoms with Crippen molar-refractivity contribution in [2.75, 3.05) is 13.7 Å². The van der Waals surface area contributed by atoms with Crippen molar-refractivity contribution in [2.24, 2.45) is 0 Å². The molecule has 0 unspecified atom stereocenters. The standard InChI is InChI=1S/C17H15NO4/c1-22-16-9-5-6-13(11-16)10-15(12-18(20)21)17(19)14-7-3-2-4-8-14/h2-11H,12H2,1H3/b15-10+. The number of ketones is 1. The number of carbonyl (C=O) groups excluding carboxylic acids is 1. The van der Waals surface area contributed by atoms with E-state index in [4.69, 9.17) is 4.74 Å². The fraction of sp³-hybridized carbons (Fsp3) is 0.118. The number of nitro groups is 1. The molecule has 2 aromatic carbocycles. The molecule has 0 saturated heterocycles. The second kappa shape index (κ2) is 7.17. The van der Waals surface area contributed by atoms with E-state index in [0.29, 0.717) is 16.9 Å². The minimum atomic E-state index is -0.523. The van der Waals surface area contributed by atoms with Crippen LogP contribution in [0.4, 0.5) is 0 Å². The van der Waals surface area contributed by atoms with Gasteiger partial charge >= 0.3 is 0 Å². The third kappa shape index (κ3) is 4.02. The zero-order valence-electron chi connectivity index (χ0n) is 12.1. The van der Waals surface area contributed by atoms with Gasteiger partial charge in [0.15, 0.2) is 5.78 Å². The Bertz CT molecular complexity index is 708. The normalized spacial score (nSPS) is 11.0. The monoisotopic (exact) mass is 297 g/mol. The van der Waals surface area contributed by atoms with Crippen molar-refractivity contribution in [1.82, 2.24) is 0 Å². The molecule has 0 aliphatic heterocycles. The Morgan fingerprint density at radius 2 is 1.91 bits per heavy atom. The van der Waals surface area contributed by atoms with Gasteiger partial charge in [-0.2, -0.15) is 0 Å². The third-order valence-corrected chi connectivity index (χ3v) is 3.06. The summed E-state index contributed by atoms with van der Waals surface area (Å²) in [5.41, 5.74) is 1.24. The molecule has 0 saturated carbocycles. The van der Waals surface area contributed by atoms with E-state index in [2.05, 4.69) is 0 Å². The molecule has 0 aliphatic carbocycles. The summed E-state index contributed by atoms with van der Waals surface area (Å²) < 4.78 is 5.11. The van der Waals surface area contributed by atoms with Gasteiger partial charge in [-0.1, -0.05) is 42.5 Å². The second-order valence-electron chi connectivity index (χ2n) is 4.63. The van der Waals surface area contributed by atoms with E-state index in [0.717, 1.165) is 0 Å². The lowest BCUT2D eigenvalue weighted by molar-refractivity contribution is -0.469. The van der Waals surface area contributed by atoms with Crippen LogP contribution in [0.5, 0.6) is 5.75 Å². The molecule has 112 valence electrons. The summed E-state index contributed by atoms with van der Waals surface area (Å²) in [4.78, 5) is 22.8. The topological polar surface area (TPSA) is 69.4 Å². The van der Waals surface area contributed by atoms with Crippen LogP contribution in [0.3, 0.4) is 0 Å². The maximum Gasteiger partial charge on any atom is 0.232 e. The molecule has 0 heterocycles. The minimum Gasteiger partial charge on any atom is -0.497 e. The molecule has 0 bridgehead atoms. The highest BCUT2D eigenvalue weighted by Gasteiger charge is 2.17. The molecule has 0 fully saturated rings. The summed E-state index contributed by atoms with van der Waals surface area (Å²) in [7, 11) is 1.54. The van der Waals surface area contributed by atoms with Crippen LogP contribution in [-0.4, -0.2) is 24.4 Å². The van der Waals surface area contributed by atoms with Crippen LogP contribution in [0.25, 0.3) is 6.08 Å². The summed E-state index contributed by atoms with van der Waals surface area (Å²) in [5.74, 6) is 0.279. The molecular weight excluding hydrogens is 282 g/mol. The van der Waals surface area contributed by atoms with Gasteiger partial charge in [-0.25, -0.2) is 0 Å². The number of ether oxygens (including phenoxy) is 1. The van der Waals surface area contributed by atoms with Gasteiger partial charge in [0.1, 0.15) is 5.75 Å². The van der Waals surface area contributed by atoms with Gasteiger partial charge in [0.05, 0.1) is 12.7 Å². The maximum atomic E-state index is 12.4. The van der Waals surface area contributed by atoms with Gasteiger partial charge in [-0.15, -0.1) is 0 Å². The maximum absolute atomic E-state index is 12.4. The molecule has 5 nitrogen and oxygen atoms in total. The van der Waals surface area contributed by atoms with Crippen LogP contribution in [0, 0.1) is 10.1 Å². The number of hydrogen-bond donors (Lipinski definition) is 0. The largest absolute Gasteiger partial charge is 0.497 e. The van der Waals surface area contributed by atoms with Crippen LogP contribution in [0.1, 0.15) is 15.9 Å². The van der Waals surface area contributed by atoms with Crippen molar-refractivity contribution in [3.05, 3.63) is 81.4 Å². The van der Waals surface area contributed by atoms with E-state index < -0.39 is 11.5 Å². The predicted octanol–water partition coefficient (Wildman–Crippen LogP) is 3.24. The van der Waals surface area contributed by atoms with Crippen molar-refractivity contribution in [2.45, 2.75) is 0 Å². The quantitative estimate of drug-likeness (QED) is 0.355. The van der Waals surface area contributed by atoms with Crippen LogP contribution in [0.2, 0.25) is 0 Å². The van der Waals surface area contributed by atoms with E-state index in [-0.39, 0.29) is 11.4 Å². The van der Waals surface area contributed by atoms with E-state index in [9.17, 15) is 14.9 Å². The molecule has 5 heteroatoms. The smallest absolute Gasteiger partial charge is 0.232 e. The van der Waals surface area contributed by atoms with Gasteiger partial charge in [-0.3, -0.25) is 14.9 Å². The summed E-state index contributed by atoms with van der Waals surface area (Å²) in [6.07, 6.45) is 1.53. The Balaban J connectivity index is 2.38. The Kier molecular flexibility index (Phi) is 5.03. The van der Waals surface area contributed by atoms with Crippen molar-refractivity contribution < 1.29 is 14.5 Å². The first kappa shape index (κ1) is 15.4. The molecule has 0 aromatic heterocycles. The molecule has 2 rings (SSSR count). The molecule has 2 aromatic rings. The molecule has 0 atom stereocenters.